The number of hydrogen-bond donors (Lipinski definition) is 15. The molecule has 0 bridgehead atoms. The van der Waals surface area contributed by atoms with Gasteiger partial charge in [0.25, 0.3) is 0 Å². The number of nitrogens with two attached hydrogens (primary N) is 4. The molecule has 2 aliphatic rings. The number of aliphatic imine (C=N–C) groups is 1. The Balaban J connectivity index is 1.02. The van der Waals surface area contributed by atoms with Gasteiger partial charge in [-0.15, -0.1) is 0 Å². The van der Waals surface area contributed by atoms with Gasteiger partial charge in [-0.25, -0.2) is 14.4 Å². The topological polar surface area (TPSA) is 538 Å². The number of guanidine groups is 1. The van der Waals surface area contributed by atoms with Gasteiger partial charge in [0.2, 0.25) is 70.9 Å². The zero-order chi connectivity index (χ0) is 90.0. The number of benzene rings is 6. The molecule has 6 aromatic rings. The van der Waals surface area contributed by atoms with Crippen LogP contribution < -0.4 is 76.1 Å². The zero-order valence-corrected chi connectivity index (χ0v) is 70.6. The van der Waals surface area contributed by atoms with Crippen molar-refractivity contribution in [1.29, 1.82) is 0 Å². The van der Waals surface area contributed by atoms with E-state index >= 15 is 19.2 Å². The van der Waals surface area contributed by atoms with Crippen LogP contribution in [-0.4, -0.2) is 215 Å². The lowest BCUT2D eigenvalue weighted by Crippen LogP contribution is -2.61. The first-order valence-electron chi connectivity index (χ1n) is 41.7. The highest BCUT2D eigenvalue weighted by Crippen LogP contribution is 2.25. The number of nitrogens with one attached hydrogen (secondary N) is 10. The number of likely N-dealkylation sites (tertiary alicyclic amines) is 2. The maximum absolute atomic E-state index is 15.3. The second-order valence-electron chi connectivity index (χ2n) is 30.4. The summed E-state index contributed by atoms with van der Waals surface area (Å²) in [6.07, 6.45) is -1.07. The zero-order valence-electron chi connectivity index (χ0n) is 69.8. The smallest absolute Gasteiger partial charge is 0.408 e. The minimum atomic E-state index is -1.73. The molecular formula is C89H113N17O18S. The fourth-order valence-corrected chi connectivity index (χ4v) is 14.9. The number of thioether (sulfide) groups is 1. The molecule has 35 nitrogen and oxygen atoms in total. The molecule has 2 heterocycles. The monoisotopic (exact) mass is 1740 g/mol. The first-order valence-corrected chi connectivity index (χ1v) is 43.1. The number of carbonyl (C=O) groups is 15. The average Bonchev–Trinajstić information content (AvgIpc) is 1.72. The summed E-state index contributed by atoms with van der Waals surface area (Å²) in [5.41, 5.74) is 26.1. The Morgan fingerprint density at radius 2 is 0.720 bits per heavy atom. The van der Waals surface area contributed by atoms with Crippen LogP contribution in [0.5, 0.6) is 0 Å². The number of carboxylic acid groups (broad SMARTS) is 1. The Morgan fingerprint density at radius 3 is 1.09 bits per heavy atom. The normalized spacial score (nSPS) is 15.5. The van der Waals surface area contributed by atoms with E-state index < -0.39 is 181 Å². The number of primary amides is 2. The van der Waals surface area contributed by atoms with Gasteiger partial charge in [0.15, 0.2) is 5.96 Å². The molecule has 14 amide bonds. The van der Waals surface area contributed by atoms with Crippen molar-refractivity contribution in [3.8, 4) is 0 Å². The lowest BCUT2D eigenvalue weighted by Gasteiger charge is -2.32. The first kappa shape index (κ1) is 97.0. The second kappa shape index (κ2) is 51.5. The first-order chi connectivity index (χ1) is 60.2. The molecule has 11 atom stereocenters. The molecule has 668 valence electrons. The molecule has 0 unspecified atom stereocenters. The lowest BCUT2D eigenvalue weighted by molar-refractivity contribution is -0.144. The molecule has 19 N–H and O–H groups in total. The van der Waals surface area contributed by atoms with E-state index in [1.165, 1.54) is 21.6 Å². The third kappa shape index (κ3) is 33.4. The van der Waals surface area contributed by atoms with Crippen LogP contribution in [0.15, 0.2) is 187 Å². The van der Waals surface area contributed by atoms with E-state index in [1.807, 2.05) is 6.07 Å². The summed E-state index contributed by atoms with van der Waals surface area (Å²) in [5.74, 6) is -11.5. The Kier molecular flexibility index (Phi) is 40.0. The van der Waals surface area contributed by atoms with Gasteiger partial charge in [-0.05, 0) is 122 Å². The number of ether oxygens (including phenoxy) is 2. The Morgan fingerprint density at radius 1 is 0.392 bits per heavy atom. The van der Waals surface area contributed by atoms with E-state index in [-0.39, 0.29) is 129 Å². The Hall–Kier alpha value is -13.4. The van der Waals surface area contributed by atoms with E-state index in [0.717, 1.165) is 5.56 Å². The summed E-state index contributed by atoms with van der Waals surface area (Å²) < 4.78 is 10.8. The summed E-state index contributed by atoms with van der Waals surface area (Å²) in [5, 5.41) is 37.1. The molecule has 0 aromatic heterocycles. The van der Waals surface area contributed by atoms with Crippen molar-refractivity contribution in [2.75, 3.05) is 38.2 Å². The van der Waals surface area contributed by atoms with Crippen molar-refractivity contribution in [2.45, 2.75) is 195 Å². The highest BCUT2D eigenvalue weighted by molar-refractivity contribution is 7.98. The maximum Gasteiger partial charge on any atom is 0.408 e. The minimum Gasteiger partial charge on any atom is -0.480 e. The van der Waals surface area contributed by atoms with Crippen molar-refractivity contribution in [3.05, 3.63) is 215 Å². The van der Waals surface area contributed by atoms with Crippen molar-refractivity contribution in [3.63, 3.8) is 0 Å². The average molecular weight is 1740 g/mol. The van der Waals surface area contributed by atoms with Crippen LogP contribution in [0.1, 0.15) is 123 Å². The third-order valence-electron chi connectivity index (χ3n) is 21.0. The summed E-state index contributed by atoms with van der Waals surface area (Å²) in [6, 6.07) is 36.3. The fourth-order valence-electron chi connectivity index (χ4n) is 14.4. The molecule has 6 aromatic carbocycles. The SMILES string of the molecule is CSCC[C@H](NC(=O)[C@H](Cc1ccccc1)NC(=O)[C@@H](Cc1ccccc1)NC(=O)[C@H](Cc1ccccc1)NC(=O)[C@H](Cc1ccccc1)NC(=O)[C@H](CCC(N)=O)NC(=O)[C@H](CCC(N)=O)NC(=O)[C@@H]1CCCN1C(=O)[C@H](CCCCNC(=O)OCc1ccccc1)NC(=O)[C@@H]1CCCN1C(=O)[C@H](CCCN=C(N)N)NC(=O)OCc1ccccc1)C(=O)O. The van der Waals surface area contributed by atoms with Gasteiger partial charge in [0.1, 0.15) is 79.7 Å². The largest absolute Gasteiger partial charge is 0.480 e. The number of nitrogens with zero attached hydrogens (tertiary/aromatic N) is 3. The van der Waals surface area contributed by atoms with Crippen LogP contribution in [-0.2, 0) is 111 Å². The number of alkyl carbamates (subject to hydrolysis) is 2. The Bertz CT molecular complexity index is 4600. The van der Waals surface area contributed by atoms with Gasteiger partial charge in [-0.1, -0.05) is 182 Å². The molecule has 0 aliphatic carbocycles. The van der Waals surface area contributed by atoms with Crippen LogP contribution in [0.2, 0.25) is 0 Å². The summed E-state index contributed by atoms with van der Waals surface area (Å²) in [6.45, 7) is 0.106. The van der Waals surface area contributed by atoms with Gasteiger partial charge in [-0.3, -0.25) is 62.5 Å². The maximum atomic E-state index is 15.3. The number of carbonyl (C=O) groups excluding carboxylic acids is 14. The molecule has 2 saturated heterocycles. The van der Waals surface area contributed by atoms with Crippen LogP contribution in [0.4, 0.5) is 9.59 Å². The molecule has 8 rings (SSSR count). The molecule has 2 fully saturated rings. The second-order valence-corrected chi connectivity index (χ2v) is 31.4. The van der Waals surface area contributed by atoms with Crippen molar-refractivity contribution < 1.29 is 86.5 Å². The quantitative estimate of drug-likeness (QED) is 0.0148. The number of aliphatic carboxylic acids is 1. The summed E-state index contributed by atoms with van der Waals surface area (Å²) in [4.78, 5) is 219. The highest BCUT2D eigenvalue weighted by atomic mass is 32.2. The number of hydrogen-bond acceptors (Lipinski definition) is 19. The van der Waals surface area contributed by atoms with Gasteiger partial charge < -0.3 is 100 Å². The van der Waals surface area contributed by atoms with E-state index in [4.69, 9.17) is 32.4 Å². The molecule has 0 spiro atoms. The van der Waals surface area contributed by atoms with E-state index in [1.54, 1.807) is 182 Å². The van der Waals surface area contributed by atoms with Gasteiger partial charge in [0.05, 0.1) is 0 Å². The van der Waals surface area contributed by atoms with Crippen LogP contribution in [0.3, 0.4) is 0 Å². The lowest BCUT2D eigenvalue weighted by atomic mass is 10.00. The summed E-state index contributed by atoms with van der Waals surface area (Å²) >= 11 is 1.38. The van der Waals surface area contributed by atoms with Crippen LogP contribution in [0.25, 0.3) is 0 Å². The van der Waals surface area contributed by atoms with Crippen molar-refractivity contribution >= 4 is 107 Å². The highest BCUT2D eigenvalue weighted by Gasteiger charge is 2.44. The number of amides is 14. The predicted molar refractivity (Wildman–Crippen MR) is 465 cm³/mol. The van der Waals surface area contributed by atoms with Gasteiger partial charge >= 0.3 is 18.2 Å². The van der Waals surface area contributed by atoms with Crippen LogP contribution in [0, 0.1) is 0 Å². The predicted octanol–water partition coefficient (Wildman–Crippen LogP) is 2.63. The van der Waals surface area contributed by atoms with E-state index in [0.29, 0.717) is 40.0 Å². The number of carboxylic acids is 1. The molecule has 0 radical (unpaired) electrons. The summed E-state index contributed by atoms with van der Waals surface area (Å²) in [7, 11) is 0. The molecule has 0 saturated carbocycles. The minimum absolute atomic E-state index is 0.00332. The van der Waals surface area contributed by atoms with Crippen molar-refractivity contribution in [1.82, 2.24) is 63.0 Å². The number of rotatable bonds is 50. The van der Waals surface area contributed by atoms with Gasteiger partial charge in [-0.2, -0.15) is 11.8 Å². The van der Waals surface area contributed by atoms with E-state index in [9.17, 15) is 57.8 Å². The van der Waals surface area contributed by atoms with Crippen LogP contribution >= 0.6 is 11.8 Å². The molecule has 36 heteroatoms. The van der Waals surface area contributed by atoms with Gasteiger partial charge in [0, 0.05) is 64.7 Å². The molecule has 125 heavy (non-hydrogen) atoms. The van der Waals surface area contributed by atoms with E-state index in [2.05, 4.69) is 58.2 Å². The fraction of sp³-hybridized carbons (Fsp3) is 0.416. The van der Waals surface area contributed by atoms with Crippen molar-refractivity contribution in [2.24, 2.45) is 27.9 Å². The third-order valence-corrected chi connectivity index (χ3v) is 21.6. The molecule has 2 aliphatic heterocycles. The number of unbranched alkanes of at least 4 members (excludes halogenated alkanes) is 1. The standard InChI is InChI=1S/C89H113N17O18S/c1-125-50-45-67(86(119)120)99-78(111)68(51-57-25-8-2-9-26-57)101-80(113)70(53-59-29-12-4-13-30-59)103-81(114)71(54-60-31-14-5-15-32-60)102-79(112)69(52-58-27-10-3-11-28-58)100-77(110)63(41-43-74(90)107)96-76(109)64(42-44-75(91)108)97-82(115)72-39-23-48-105(72)84(117)65(37-20-21-46-95-88(121)123-55-61-33-16-6-17-34-61)98-83(116)73-40-24-49-106(73)85(118)66(38-22-47-94-87(92)93)104-89(122)124-56-62-35-18-7-19-36-62/h2-19,25-36,63-73H,20-24,37-56H2,1H3,(H2,90,107)(H2,91,108)(H,95,121)(H,96,109)(H,97,115)(H,98,116)(H,99,111)(H,100,110)(H,101,113)(H,102,112)(H,103,114)(H,104,122)(H,119,120)(H4,92,93,94)/t63-,64-,65-,66-,67-,68-,69-,70+,71-,72-,73-/m0/s1. The molecular weight excluding hydrogens is 1630 g/mol. The Labute approximate surface area is 729 Å².